The first kappa shape index (κ1) is 12.5. The van der Waals surface area contributed by atoms with Crippen molar-refractivity contribution in [1.29, 1.82) is 0 Å². The summed E-state index contributed by atoms with van der Waals surface area (Å²) >= 11 is 0. The third-order valence-corrected chi connectivity index (χ3v) is 1.79. The number of rotatable bonds is 5. The highest BCUT2D eigenvalue weighted by atomic mass is 16.6. The average Bonchev–Trinajstić information content (AvgIpc) is 2.14. The molecule has 1 aromatic rings. The van der Waals surface area contributed by atoms with Crippen LogP contribution in [-0.4, -0.2) is 33.7 Å². The summed E-state index contributed by atoms with van der Waals surface area (Å²) in [5.74, 6) is -2.31. The van der Waals surface area contributed by atoms with Gasteiger partial charge in [-0.25, -0.2) is 0 Å². The molecule has 0 atom stereocenters. The maximum atomic E-state index is 10.4. The molecule has 16 heavy (non-hydrogen) atoms. The Morgan fingerprint density at radius 1 is 1.31 bits per heavy atom. The molecular weight excluding hydrogens is 212 g/mol. The van der Waals surface area contributed by atoms with Crippen molar-refractivity contribution in [2.24, 2.45) is 0 Å². The molecule has 0 spiro atoms. The predicted octanol–water partition coefficient (Wildman–Crippen LogP) is 0.393. The number of hydrogen-bond donors (Lipinski definition) is 3. The van der Waals surface area contributed by atoms with Gasteiger partial charge in [0, 0.05) is 0 Å². The zero-order chi connectivity index (χ0) is 12.2. The van der Waals surface area contributed by atoms with E-state index in [0.717, 1.165) is 0 Å². The minimum absolute atomic E-state index is 0.0437. The van der Waals surface area contributed by atoms with E-state index < -0.39 is 11.8 Å². The number of benzene rings is 1. The van der Waals surface area contributed by atoms with Crippen LogP contribution in [-0.2, 0) is 11.2 Å². The van der Waals surface area contributed by atoms with E-state index in [2.05, 4.69) is 0 Å². The van der Waals surface area contributed by atoms with Crippen molar-refractivity contribution >= 4 is 5.97 Å². The first-order valence-corrected chi connectivity index (χ1v) is 4.75. The van der Waals surface area contributed by atoms with Crippen molar-refractivity contribution in [3.63, 3.8) is 0 Å². The molecule has 0 aliphatic rings. The first-order chi connectivity index (χ1) is 7.37. The molecule has 1 aromatic carbocycles. The number of carboxylic acid groups (broad SMARTS) is 1. The molecule has 0 amide bonds. The molecule has 0 unspecified atom stereocenters. The van der Waals surface area contributed by atoms with Gasteiger partial charge < -0.3 is 20.1 Å². The van der Waals surface area contributed by atoms with Crippen LogP contribution < -0.4 is 4.74 Å². The van der Waals surface area contributed by atoms with Gasteiger partial charge in [-0.15, -0.1) is 0 Å². The summed E-state index contributed by atoms with van der Waals surface area (Å²) in [5.41, 5.74) is 0.663. The van der Waals surface area contributed by atoms with Gasteiger partial charge in [0.15, 0.2) is 5.79 Å². The van der Waals surface area contributed by atoms with E-state index in [9.17, 15) is 4.79 Å². The van der Waals surface area contributed by atoms with Gasteiger partial charge >= 0.3 is 5.97 Å². The molecule has 0 heterocycles. The molecule has 5 nitrogen and oxygen atoms in total. The van der Waals surface area contributed by atoms with E-state index >= 15 is 0 Å². The van der Waals surface area contributed by atoms with Gasteiger partial charge in [0.05, 0.1) is 6.42 Å². The van der Waals surface area contributed by atoms with E-state index in [0.29, 0.717) is 11.3 Å². The minimum atomic E-state index is -1.88. The second kappa shape index (κ2) is 4.96. The molecule has 0 aliphatic carbocycles. The number of aliphatic carboxylic acids is 1. The molecule has 5 heteroatoms. The van der Waals surface area contributed by atoms with Crippen molar-refractivity contribution in [2.75, 3.05) is 6.61 Å². The Labute approximate surface area is 92.9 Å². The van der Waals surface area contributed by atoms with Crippen LogP contribution in [0.2, 0.25) is 0 Å². The quantitative estimate of drug-likeness (QED) is 0.632. The Balaban J connectivity index is 2.55. The van der Waals surface area contributed by atoms with Gasteiger partial charge in [-0.3, -0.25) is 4.79 Å². The minimum Gasteiger partial charge on any atom is -0.488 e. The summed E-state index contributed by atoms with van der Waals surface area (Å²) in [6, 6.07) is 6.42. The highest BCUT2D eigenvalue weighted by Crippen LogP contribution is 2.14. The van der Waals surface area contributed by atoms with Gasteiger partial charge in [-0.1, -0.05) is 12.1 Å². The summed E-state index contributed by atoms with van der Waals surface area (Å²) in [7, 11) is 0. The van der Waals surface area contributed by atoms with E-state index in [4.69, 9.17) is 20.1 Å². The second-order valence-electron chi connectivity index (χ2n) is 3.72. The molecule has 0 saturated carbocycles. The summed E-state index contributed by atoms with van der Waals surface area (Å²) in [4.78, 5) is 10.4. The largest absolute Gasteiger partial charge is 0.488 e. The molecule has 0 aromatic heterocycles. The molecule has 3 N–H and O–H groups in total. The number of carboxylic acids is 1. The zero-order valence-electron chi connectivity index (χ0n) is 8.88. The van der Waals surface area contributed by atoms with Crippen LogP contribution in [0.3, 0.4) is 0 Å². The van der Waals surface area contributed by atoms with Gasteiger partial charge in [0.1, 0.15) is 12.4 Å². The predicted molar refractivity (Wildman–Crippen MR) is 56.1 cm³/mol. The monoisotopic (exact) mass is 226 g/mol. The topological polar surface area (TPSA) is 87.0 Å². The van der Waals surface area contributed by atoms with Crippen molar-refractivity contribution in [3.8, 4) is 5.75 Å². The Morgan fingerprint density at radius 3 is 2.31 bits per heavy atom. The fraction of sp³-hybridized carbons (Fsp3) is 0.364. The Bertz CT molecular complexity index is 350. The number of carbonyl (C=O) groups is 1. The van der Waals surface area contributed by atoms with E-state index in [-0.39, 0.29) is 13.0 Å². The lowest BCUT2D eigenvalue weighted by molar-refractivity contribution is -0.165. The zero-order valence-corrected chi connectivity index (χ0v) is 8.88. The maximum Gasteiger partial charge on any atom is 0.307 e. The Hall–Kier alpha value is -1.59. The highest BCUT2D eigenvalue weighted by Gasteiger charge is 2.15. The fourth-order valence-electron chi connectivity index (χ4n) is 1.10. The van der Waals surface area contributed by atoms with Gasteiger partial charge in [-0.05, 0) is 24.6 Å². The van der Waals surface area contributed by atoms with Crippen LogP contribution in [0.1, 0.15) is 12.5 Å². The van der Waals surface area contributed by atoms with E-state index in [1.807, 2.05) is 0 Å². The molecule has 0 radical (unpaired) electrons. The van der Waals surface area contributed by atoms with E-state index in [1.54, 1.807) is 24.3 Å². The van der Waals surface area contributed by atoms with Crippen LogP contribution in [0.4, 0.5) is 0 Å². The van der Waals surface area contributed by atoms with Crippen LogP contribution in [0.15, 0.2) is 24.3 Å². The lowest BCUT2D eigenvalue weighted by atomic mass is 10.1. The standard InChI is InChI=1S/C11H14O5/c1-11(14,15)7-16-9-4-2-8(3-5-9)6-10(12)13/h2-5,14-15H,6-7H2,1H3,(H,12,13). The molecule has 1 rings (SSSR count). The molecule has 88 valence electrons. The maximum absolute atomic E-state index is 10.4. The van der Waals surface area contributed by atoms with Crippen LogP contribution in [0.25, 0.3) is 0 Å². The van der Waals surface area contributed by atoms with E-state index in [1.165, 1.54) is 6.92 Å². The molecule has 0 saturated heterocycles. The summed E-state index contributed by atoms with van der Waals surface area (Å²) in [6.45, 7) is 0.969. The summed E-state index contributed by atoms with van der Waals surface area (Å²) in [6.07, 6.45) is -0.0437. The first-order valence-electron chi connectivity index (χ1n) is 4.75. The molecule has 0 bridgehead atoms. The lowest BCUT2D eigenvalue weighted by Crippen LogP contribution is -2.31. The van der Waals surface area contributed by atoms with Crippen molar-refractivity contribution in [2.45, 2.75) is 19.1 Å². The Kier molecular flexibility index (Phi) is 3.87. The smallest absolute Gasteiger partial charge is 0.307 e. The third-order valence-electron chi connectivity index (χ3n) is 1.79. The highest BCUT2D eigenvalue weighted by molar-refractivity contribution is 5.70. The summed E-state index contributed by atoms with van der Waals surface area (Å²) < 4.78 is 5.08. The number of aliphatic hydroxyl groups is 2. The Morgan fingerprint density at radius 2 is 1.88 bits per heavy atom. The van der Waals surface area contributed by atoms with Gasteiger partial charge in [0.2, 0.25) is 0 Å². The molecule has 0 aliphatic heterocycles. The molecular formula is C11H14O5. The normalized spacial score (nSPS) is 11.2. The van der Waals surface area contributed by atoms with Crippen LogP contribution in [0.5, 0.6) is 5.75 Å². The number of hydrogen-bond acceptors (Lipinski definition) is 4. The fourth-order valence-corrected chi connectivity index (χ4v) is 1.10. The second-order valence-corrected chi connectivity index (χ2v) is 3.72. The van der Waals surface area contributed by atoms with Gasteiger partial charge in [-0.2, -0.15) is 0 Å². The average molecular weight is 226 g/mol. The summed E-state index contributed by atoms with van der Waals surface area (Å²) in [5, 5.41) is 26.6. The SMILES string of the molecule is CC(O)(O)COc1ccc(CC(=O)O)cc1. The van der Waals surface area contributed by atoms with Crippen LogP contribution in [0, 0.1) is 0 Å². The van der Waals surface area contributed by atoms with Crippen molar-refractivity contribution < 1.29 is 24.9 Å². The number of ether oxygens (including phenoxy) is 1. The van der Waals surface area contributed by atoms with Crippen molar-refractivity contribution in [1.82, 2.24) is 0 Å². The van der Waals surface area contributed by atoms with Crippen molar-refractivity contribution in [3.05, 3.63) is 29.8 Å². The van der Waals surface area contributed by atoms with Gasteiger partial charge in [0.25, 0.3) is 0 Å². The lowest BCUT2D eigenvalue weighted by Gasteiger charge is -2.16. The van der Waals surface area contributed by atoms with Crippen LogP contribution >= 0.6 is 0 Å². The molecule has 0 fully saturated rings. The third kappa shape index (κ3) is 4.77.